The van der Waals surface area contributed by atoms with Crippen LogP contribution in [0.4, 0.5) is 11.5 Å². The van der Waals surface area contributed by atoms with E-state index in [0.29, 0.717) is 41.5 Å². The highest BCUT2D eigenvalue weighted by Gasteiger charge is 2.29. The SMILES string of the molecule is C=CC(=O)N1CCN(CC(Nc2cnc(C(=O)Nc3ncc(C(=O)N(C)C)cc3C)c(C)c2)c2ccc(C3CC3)cn2)C[C@H]1C. The first-order valence-corrected chi connectivity index (χ1v) is 15.4. The number of nitrogens with one attached hydrogen (secondary N) is 2. The zero-order valence-corrected chi connectivity index (χ0v) is 26.7. The fraction of sp³-hybridized carbons (Fsp3) is 0.412. The average molecular weight is 611 g/mol. The largest absolute Gasteiger partial charge is 0.374 e. The number of carbonyl (C=O) groups is 3. The highest BCUT2D eigenvalue weighted by Crippen LogP contribution is 2.39. The summed E-state index contributed by atoms with van der Waals surface area (Å²) in [5.41, 5.74) is 5.10. The number of hydrogen-bond donors (Lipinski definition) is 2. The summed E-state index contributed by atoms with van der Waals surface area (Å²) in [6, 6.07) is 7.83. The number of rotatable bonds is 10. The molecule has 3 amide bonds. The number of hydrogen-bond acceptors (Lipinski definition) is 8. The Bertz CT molecular complexity index is 1580. The molecule has 3 aromatic heterocycles. The summed E-state index contributed by atoms with van der Waals surface area (Å²) in [6.45, 7) is 12.2. The van der Waals surface area contributed by atoms with Crippen LogP contribution in [-0.2, 0) is 4.79 Å². The highest BCUT2D eigenvalue weighted by atomic mass is 16.2. The minimum Gasteiger partial charge on any atom is -0.374 e. The number of pyridine rings is 3. The van der Waals surface area contributed by atoms with Gasteiger partial charge in [-0.05, 0) is 80.5 Å². The highest BCUT2D eigenvalue weighted by molar-refractivity contribution is 6.04. The predicted molar refractivity (Wildman–Crippen MR) is 174 cm³/mol. The van der Waals surface area contributed by atoms with Crippen LogP contribution in [0.2, 0.25) is 0 Å². The Balaban J connectivity index is 1.30. The van der Waals surface area contributed by atoms with Crippen molar-refractivity contribution in [3.05, 3.63) is 89.2 Å². The summed E-state index contributed by atoms with van der Waals surface area (Å²) in [5, 5.41) is 6.45. The van der Waals surface area contributed by atoms with E-state index in [9.17, 15) is 14.4 Å². The second-order valence-electron chi connectivity index (χ2n) is 12.3. The van der Waals surface area contributed by atoms with Crippen molar-refractivity contribution in [2.45, 2.75) is 51.6 Å². The third kappa shape index (κ3) is 7.54. The molecule has 2 N–H and O–H groups in total. The molecule has 2 fully saturated rings. The van der Waals surface area contributed by atoms with Gasteiger partial charge in [0.1, 0.15) is 11.5 Å². The van der Waals surface area contributed by atoms with Crippen molar-refractivity contribution in [2.24, 2.45) is 0 Å². The van der Waals surface area contributed by atoms with Gasteiger partial charge in [0.2, 0.25) is 5.91 Å². The molecule has 1 saturated heterocycles. The molecule has 1 aliphatic carbocycles. The summed E-state index contributed by atoms with van der Waals surface area (Å²) in [6.07, 6.45) is 8.92. The Morgan fingerprint density at radius 2 is 1.82 bits per heavy atom. The van der Waals surface area contributed by atoms with Crippen molar-refractivity contribution in [1.82, 2.24) is 29.7 Å². The number of aryl methyl sites for hydroxylation is 2. The number of carbonyl (C=O) groups excluding carboxylic acids is 3. The van der Waals surface area contributed by atoms with Crippen molar-refractivity contribution in [2.75, 3.05) is 50.9 Å². The van der Waals surface area contributed by atoms with Crippen LogP contribution in [0, 0.1) is 13.8 Å². The van der Waals surface area contributed by atoms with E-state index < -0.39 is 0 Å². The van der Waals surface area contributed by atoms with Gasteiger partial charge in [0.15, 0.2) is 0 Å². The summed E-state index contributed by atoms with van der Waals surface area (Å²) in [4.78, 5) is 57.1. The van der Waals surface area contributed by atoms with E-state index in [-0.39, 0.29) is 35.5 Å². The second kappa shape index (κ2) is 13.6. The van der Waals surface area contributed by atoms with Crippen molar-refractivity contribution < 1.29 is 14.4 Å². The van der Waals surface area contributed by atoms with E-state index in [1.165, 1.54) is 35.6 Å². The lowest BCUT2D eigenvalue weighted by Crippen LogP contribution is -2.54. The van der Waals surface area contributed by atoms with Gasteiger partial charge in [-0.2, -0.15) is 0 Å². The van der Waals surface area contributed by atoms with E-state index >= 15 is 0 Å². The third-order valence-corrected chi connectivity index (χ3v) is 8.42. The van der Waals surface area contributed by atoms with Crippen LogP contribution < -0.4 is 10.6 Å². The van der Waals surface area contributed by atoms with E-state index in [0.717, 1.165) is 24.5 Å². The third-order valence-electron chi connectivity index (χ3n) is 8.42. The van der Waals surface area contributed by atoms with Gasteiger partial charge in [-0.3, -0.25) is 24.3 Å². The Labute approximate surface area is 264 Å². The first-order chi connectivity index (χ1) is 21.5. The molecule has 0 spiro atoms. The molecule has 1 saturated carbocycles. The fourth-order valence-electron chi connectivity index (χ4n) is 5.74. The fourth-order valence-corrected chi connectivity index (χ4v) is 5.74. The van der Waals surface area contributed by atoms with Crippen LogP contribution in [0.3, 0.4) is 0 Å². The van der Waals surface area contributed by atoms with Gasteiger partial charge in [0.05, 0.1) is 29.2 Å². The normalized spacial score (nSPS) is 17.4. The maximum Gasteiger partial charge on any atom is 0.275 e. The first kappa shape index (κ1) is 31.8. The summed E-state index contributed by atoms with van der Waals surface area (Å²) >= 11 is 0. The molecule has 1 unspecified atom stereocenters. The lowest BCUT2D eigenvalue weighted by Gasteiger charge is -2.40. The van der Waals surface area contributed by atoms with Crippen LogP contribution >= 0.6 is 0 Å². The minimum absolute atomic E-state index is 0.0396. The van der Waals surface area contributed by atoms with Crippen molar-refractivity contribution in [3.8, 4) is 0 Å². The topological polar surface area (TPSA) is 124 Å². The van der Waals surface area contributed by atoms with Gasteiger partial charge >= 0.3 is 0 Å². The minimum atomic E-state index is -0.379. The molecule has 11 heteroatoms. The van der Waals surface area contributed by atoms with Gasteiger partial charge in [-0.15, -0.1) is 0 Å². The Morgan fingerprint density at radius 1 is 1.04 bits per heavy atom. The van der Waals surface area contributed by atoms with Crippen molar-refractivity contribution in [3.63, 3.8) is 0 Å². The maximum atomic E-state index is 13.2. The molecule has 45 heavy (non-hydrogen) atoms. The smallest absolute Gasteiger partial charge is 0.275 e. The predicted octanol–water partition coefficient (Wildman–Crippen LogP) is 4.19. The number of piperazine rings is 1. The molecule has 5 rings (SSSR count). The Kier molecular flexibility index (Phi) is 9.57. The molecule has 3 aromatic rings. The maximum absolute atomic E-state index is 13.2. The molecule has 2 aliphatic rings. The lowest BCUT2D eigenvalue weighted by atomic mass is 10.1. The molecule has 11 nitrogen and oxygen atoms in total. The molecule has 4 heterocycles. The Hall–Kier alpha value is -4.64. The second-order valence-corrected chi connectivity index (χ2v) is 12.3. The number of anilines is 2. The molecule has 0 aromatic carbocycles. The van der Waals surface area contributed by atoms with E-state index in [2.05, 4.69) is 51.1 Å². The van der Waals surface area contributed by atoms with Crippen LogP contribution in [0.25, 0.3) is 0 Å². The molecule has 0 bridgehead atoms. The average Bonchev–Trinajstić information content (AvgIpc) is 3.87. The molecule has 2 atom stereocenters. The zero-order chi connectivity index (χ0) is 32.2. The van der Waals surface area contributed by atoms with Crippen LogP contribution in [0.15, 0.2) is 55.5 Å². The van der Waals surface area contributed by atoms with Crippen molar-refractivity contribution in [1.29, 1.82) is 0 Å². The lowest BCUT2D eigenvalue weighted by molar-refractivity contribution is -0.130. The first-order valence-electron chi connectivity index (χ1n) is 15.4. The van der Waals surface area contributed by atoms with Crippen LogP contribution in [0.5, 0.6) is 0 Å². The molecular formula is C34H42N8O3. The number of amides is 3. The number of aromatic nitrogens is 3. The van der Waals surface area contributed by atoms with Gasteiger partial charge in [0, 0.05) is 58.7 Å². The van der Waals surface area contributed by atoms with Crippen LogP contribution in [0.1, 0.15) is 75.0 Å². The van der Waals surface area contributed by atoms with E-state index in [1.54, 1.807) is 33.3 Å². The summed E-state index contributed by atoms with van der Waals surface area (Å²) in [7, 11) is 3.36. The monoisotopic (exact) mass is 610 g/mol. The van der Waals surface area contributed by atoms with E-state index in [1.807, 2.05) is 24.1 Å². The van der Waals surface area contributed by atoms with Crippen LogP contribution in [-0.4, -0.2) is 93.7 Å². The van der Waals surface area contributed by atoms with Crippen molar-refractivity contribution >= 4 is 29.2 Å². The summed E-state index contributed by atoms with van der Waals surface area (Å²) in [5.74, 6) is 0.426. The zero-order valence-electron chi connectivity index (χ0n) is 26.7. The molecule has 1 aliphatic heterocycles. The standard InChI is InChI=1S/C34H42N8O3/c1-7-30(43)42-13-12-41(19-23(42)4)20-29(28-11-10-25(16-35-28)24-8-9-24)38-27-15-21(2)31(36-18-27)33(44)39-32-22(3)14-26(17-37-32)34(45)40(5)6/h7,10-11,14-18,23-24,29,38H,1,8-9,12-13,19-20H2,2-6H3,(H,37,39,44)/t23-,29?/m1/s1. The van der Waals surface area contributed by atoms with Gasteiger partial charge in [0.25, 0.3) is 11.8 Å². The Morgan fingerprint density at radius 3 is 2.42 bits per heavy atom. The van der Waals surface area contributed by atoms with Gasteiger partial charge in [-0.25, -0.2) is 9.97 Å². The van der Waals surface area contributed by atoms with Gasteiger partial charge in [-0.1, -0.05) is 12.6 Å². The van der Waals surface area contributed by atoms with Gasteiger partial charge < -0.3 is 20.4 Å². The molecule has 236 valence electrons. The molecular weight excluding hydrogens is 568 g/mol. The van der Waals surface area contributed by atoms with E-state index in [4.69, 9.17) is 4.98 Å². The quantitative estimate of drug-likeness (QED) is 0.328. The molecule has 0 radical (unpaired) electrons. The number of nitrogens with zero attached hydrogens (tertiary/aromatic N) is 6. The summed E-state index contributed by atoms with van der Waals surface area (Å²) < 4.78 is 0.